The summed E-state index contributed by atoms with van der Waals surface area (Å²) in [6, 6.07) is 16.2. The number of halogens is 4. The van der Waals surface area contributed by atoms with E-state index in [1.54, 1.807) is 12.1 Å². The number of rotatable bonds is 4. The number of benzene rings is 3. The summed E-state index contributed by atoms with van der Waals surface area (Å²) in [5, 5.41) is 11.1. The third-order valence-corrected chi connectivity index (χ3v) is 4.34. The first-order valence-electron chi connectivity index (χ1n) is 7.73. The van der Waals surface area contributed by atoms with Crippen LogP contribution in [0.4, 0.5) is 13.2 Å². The Labute approximate surface area is 153 Å². The maximum atomic E-state index is 12.8. The van der Waals surface area contributed by atoms with Crippen LogP contribution in [0.3, 0.4) is 0 Å². The summed E-state index contributed by atoms with van der Waals surface area (Å²) >= 11 is 6.06. The zero-order valence-electron chi connectivity index (χ0n) is 13.5. The highest BCUT2D eigenvalue weighted by atomic mass is 35.5. The minimum Gasteiger partial charge on any atom is -0.489 e. The first-order chi connectivity index (χ1) is 12.4. The summed E-state index contributed by atoms with van der Waals surface area (Å²) in [6.07, 6.45) is -4.49. The van der Waals surface area contributed by atoms with Crippen LogP contribution in [0.25, 0.3) is 10.8 Å². The summed E-state index contributed by atoms with van der Waals surface area (Å²) in [6.45, 7) is -0.0245. The van der Waals surface area contributed by atoms with Crippen LogP contribution in [-0.4, -0.2) is 0 Å². The number of hydrogen-bond acceptors (Lipinski definition) is 2. The van der Waals surface area contributed by atoms with Gasteiger partial charge in [0.2, 0.25) is 0 Å². The van der Waals surface area contributed by atoms with Crippen molar-refractivity contribution in [3.63, 3.8) is 0 Å². The Morgan fingerprint density at radius 1 is 1.04 bits per heavy atom. The number of fused-ring (bicyclic) bond motifs is 1. The van der Waals surface area contributed by atoms with Crippen LogP contribution < -0.4 is 4.74 Å². The van der Waals surface area contributed by atoms with Gasteiger partial charge in [-0.25, -0.2) is 0 Å². The zero-order valence-corrected chi connectivity index (χ0v) is 14.2. The average Bonchev–Trinajstić information content (AvgIpc) is 2.64. The van der Waals surface area contributed by atoms with Crippen molar-refractivity contribution in [1.82, 2.24) is 0 Å². The average molecular weight is 376 g/mol. The lowest BCUT2D eigenvalue weighted by molar-refractivity contribution is -0.137. The SMILES string of the molecule is N#Cc1cc(C(F)(F)F)ccc1COc1ccc2ccccc2c1CCl. The molecule has 0 bridgehead atoms. The fourth-order valence-electron chi connectivity index (χ4n) is 2.73. The van der Waals surface area contributed by atoms with E-state index in [-0.39, 0.29) is 18.1 Å². The molecule has 0 unspecified atom stereocenters. The third kappa shape index (κ3) is 3.61. The normalized spacial score (nSPS) is 11.3. The molecule has 0 atom stereocenters. The van der Waals surface area contributed by atoms with E-state index in [1.807, 2.05) is 30.3 Å². The standard InChI is InChI=1S/C20H13ClF3NO/c21-10-18-17-4-2-1-3-13(17)6-8-19(18)26-12-14-5-7-16(20(22,23)24)9-15(14)11-25/h1-9H,10,12H2. The van der Waals surface area contributed by atoms with Crippen molar-refractivity contribution >= 4 is 22.4 Å². The molecule has 0 aromatic heterocycles. The van der Waals surface area contributed by atoms with E-state index in [0.29, 0.717) is 11.3 Å². The van der Waals surface area contributed by atoms with Gasteiger partial charge in [0, 0.05) is 11.1 Å². The van der Waals surface area contributed by atoms with Crippen molar-refractivity contribution in [3.05, 3.63) is 76.9 Å². The van der Waals surface area contributed by atoms with Gasteiger partial charge in [0.15, 0.2) is 0 Å². The summed E-state index contributed by atoms with van der Waals surface area (Å²) in [4.78, 5) is 0. The molecule has 3 rings (SSSR count). The number of hydrogen-bond donors (Lipinski definition) is 0. The molecule has 3 aromatic rings. The first-order valence-corrected chi connectivity index (χ1v) is 8.27. The van der Waals surface area contributed by atoms with Gasteiger partial charge in [-0.05, 0) is 29.0 Å². The monoisotopic (exact) mass is 375 g/mol. The van der Waals surface area contributed by atoms with Crippen LogP contribution in [0, 0.1) is 11.3 Å². The van der Waals surface area contributed by atoms with Crippen molar-refractivity contribution in [3.8, 4) is 11.8 Å². The summed E-state index contributed by atoms with van der Waals surface area (Å²) in [5.74, 6) is 0.775. The topological polar surface area (TPSA) is 33.0 Å². The molecule has 0 aliphatic heterocycles. The quantitative estimate of drug-likeness (QED) is 0.520. The minimum atomic E-state index is -4.49. The van der Waals surface area contributed by atoms with Crippen molar-refractivity contribution < 1.29 is 17.9 Å². The molecule has 0 aliphatic carbocycles. The molecule has 0 heterocycles. The molecule has 0 amide bonds. The van der Waals surface area contributed by atoms with Crippen LogP contribution >= 0.6 is 11.6 Å². The number of ether oxygens (including phenoxy) is 1. The number of alkyl halides is 4. The van der Waals surface area contributed by atoms with E-state index in [1.165, 1.54) is 6.07 Å². The lowest BCUT2D eigenvalue weighted by atomic mass is 10.0. The van der Waals surface area contributed by atoms with Gasteiger partial charge >= 0.3 is 6.18 Å². The van der Waals surface area contributed by atoms with Crippen LogP contribution in [-0.2, 0) is 18.7 Å². The Bertz CT molecular complexity index is 992. The zero-order chi connectivity index (χ0) is 18.7. The van der Waals surface area contributed by atoms with Crippen molar-refractivity contribution in [1.29, 1.82) is 5.26 Å². The molecule has 132 valence electrons. The highest BCUT2D eigenvalue weighted by molar-refractivity contribution is 6.18. The molecule has 0 saturated carbocycles. The highest BCUT2D eigenvalue weighted by Crippen LogP contribution is 2.32. The number of nitriles is 1. The van der Waals surface area contributed by atoms with Crippen molar-refractivity contribution in [2.45, 2.75) is 18.7 Å². The third-order valence-electron chi connectivity index (χ3n) is 4.07. The predicted octanol–water partition coefficient (Wildman–Crippen LogP) is 6.05. The summed E-state index contributed by atoms with van der Waals surface area (Å²) < 4.78 is 44.1. The van der Waals surface area contributed by atoms with Crippen LogP contribution in [0.15, 0.2) is 54.6 Å². The molecule has 0 aliphatic rings. The maximum Gasteiger partial charge on any atom is 0.416 e. The molecule has 0 radical (unpaired) electrons. The Kier molecular flexibility index (Phi) is 5.06. The van der Waals surface area contributed by atoms with Gasteiger partial charge in [-0.3, -0.25) is 0 Å². The fraction of sp³-hybridized carbons (Fsp3) is 0.150. The van der Waals surface area contributed by atoms with E-state index in [9.17, 15) is 13.2 Å². The largest absolute Gasteiger partial charge is 0.489 e. The van der Waals surface area contributed by atoms with Gasteiger partial charge in [-0.15, -0.1) is 11.6 Å². The smallest absolute Gasteiger partial charge is 0.416 e. The first kappa shape index (κ1) is 18.1. The summed E-state index contributed by atoms with van der Waals surface area (Å²) in [5.41, 5.74) is 0.266. The van der Waals surface area contributed by atoms with Gasteiger partial charge in [0.25, 0.3) is 0 Å². The molecular weight excluding hydrogens is 363 g/mol. The highest BCUT2D eigenvalue weighted by Gasteiger charge is 2.31. The molecule has 6 heteroatoms. The Morgan fingerprint density at radius 2 is 1.81 bits per heavy atom. The Balaban J connectivity index is 1.90. The van der Waals surface area contributed by atoms with Gasteiger partial charge in [0.05, 0.1) is 23.1 Å². The molecular formula is C20H13ClF3NO. The molecule has 2 nitrogen and oxygen atoms in total. The molecule has 26 heavy (non-hydrogen) atoms. The molecule has 3 aromatic carbocycles. The van der Waals surface area contributed by atoms with Crippen LogP contribution in [0.1, 0.15) is 22.3 Å². The van der Waals surface area contributed by atoms with E-state index in [4.69, 9.17) is 21.6 Å². The fourth-order valence-corrected chi connectivity index (χ4v) is 3.00. The van der Waals surface area contributed by atoms with Gasteiger partial charge in [-0.1, -0.05) is 36.4 Å². The maximum absolute atomic E-state index is 12.8. The molecule has 0 saturated heterocycles. The van der Waals surface area contributed by atoms with Crippen molar-refractivity contribution in [2.24, 2.45) is 0 Å². The second kappa shape index (κ2) is 7.27. The Hall–Kier alpha value is -2.71. The molecule has 0 spiro atoms. The lowest BCUT2D eigenvalue weighted by Crippen LogP contribution is -2.07. The predicted molar refractivity (Wildman–Crippen MR) is 94.0 cm³/mol. The Morgan fingerprint density at radius 3 is 2.50 bits per heavy atom. The van der Waals surface area contributed by atoms with E-state index < -0.39 is 11.7 Å². The van der Waals surface area contributed by atoms with Gasteiger partial charge < -0.3 is 4.74 Å². The van der Waals surface area contributed by atoms with Crippen LogP contribution in [0.2, 0.25) is 0 Å². The van der Waals surface area contributed by atoms with Gasteiger partial charge in [-0.2, -0.15) is 18.4 Å². The summed E-state index contributed by atoms with van der Waals surface area (Å²) in [7, 11) is 0. The van der Waals surface area contributed by atoms with Crippen molar-refractivity contribution in [2.75, 3.05) is 0 Å². The van der Waals surface area contributed by atoms with Crippen LogP contribution in [0.5, 0.6) is 5.75 Å². The molecule has 0 N–H and O–H groups in total. The number of nitrogens with zero attached hydrogens (tertiary/aromatic N) is 1. The second-order valence-electron chi connectivity index (χ2n) is 5.67. The van der Waals surface area contributed by atoms with E-state index in [2.05, 4.69) is 0 Å². The van der Waals surface area contributed by atoms with Gasteiger partial charge in [0.1, 0.15) is 12.4 Å². The van der Waals surface area contributed by atoms with E-state index in [0.717, 1.165) is 28.5 Å². The molecule has 0 fully saturated rings. The van der Waals surface area contributed by atoms with E-state index >= 15 is 0 Å². The minimum absolute atomic E-state index is 0.0245. The second-order valence-corrected chi connectivity index (χ2v) is 5.93. The lowest BCUT2D eigenvalue weighted by Gasteiger charge is -2.14.